The zero-order valence-corrected chi connectivity index (χ0v) is 13.8. The highest BCUT2D eigenvalue weighted by molar-refractivity contribution is 9.10. The maximum Gasteiger partial charge on any atom is 0.242 e. The summed E-state index contributed by atoms with van der Waals surface area (Å²) in [5, 5.41) is 0.0476. The van der Waals surface area contributed by atoms with E-state index in [1.54, 1.807) is 0 Å². The summed E-state index contributed by atoms with van der Waals surface area (Å²) >= 11 is 9.06. The summed E-state index contributed by atoms with van der Waals surface area (Å²) in [7, 11) is -3.89. The summed E-state index contributed by atoms with van der Waals surface area (Å²) in [6, 6.07) is 8.42. The molecule has 0 saturated heterocycles. The Hall–Kier alpha value is -1.15. The number of nitrogen functional groups attached to an aromatic ring is 1. The minimum atomic E-state index is -3.89. The van der Waals surface area contributed by atoms with Crippen LogP contribution in [0.15, 0.2) is 45.8 Å². The van der Waals surface area contributed by atoms with Gasteiger partial charge in [0.25, 0.3) is 0 Å². The van der Waals surface area contributed by atoms with Crippen molar-refractivity contribution in [1.29, 1.82) is 0 Å². The highest BCUT2D eigenvalue weighted by atomic mass is 79.9. The molecule has 0 amide bonds. The lowest BCUT2D eigenvalue weighted by atomic mass is 10.2. The lowest BCUT2D eigenvalue weighted by Gasteiger charge is -2.10. The van der Waals surface area contributed by atoms with E-state index in [9.17, 15) is 12.8 Å². The summed E-state index contributed by atoms with van der Waals surface area (Å²) in [4.78, 5) is -0.139. The minimum Gasteiger partial charge on any atom is -0.399 e. The van der Waals surface area contributed by atoms with Gasteiger partial charge < -0.3 is 5.73 Å². The average Bonchev–Trinajstić information content (AvgIpc) is 2.42. The summed E-state index contributed by atoms with van der Waals surface area (Å²) in [6.45, 7) is -0.196. The van der Waals surface area contributed by atoms with Crippen molar-refractivity contribution in [1.82, 2.24) is 4.72 Å². The highest BCUT2D eigenvalue weighted by Crippen LogP contribution is 2.24. The van der Waals surface area contributed by atoms with Gasteiger partial charge in [0.1, 0.15) is 10.7 Å². The van der Waals surface area contributed by atoms with Crippen LogP contribution in [0.2, 0.25) is 5.02 Å². The second-order valence-corrected chi connectivity index (χ2v) is 7.31. The quantitative estimate of drug-likeness (QED) is 0.783. The Morgan fingerprint density at radius 1 is 1.24 bits per heavy atom. The first-order chi connectivity index (χ1) is 9.79. The molecule has 0 bridgehead atoms. The molecule has 0 aromatic heterocycles. The zero-order chi connectivity index (χ0) is 15.6. The lowest BCUT2D eigenvalue weighted by molar-refractivity contribution is 0.574. The number of benzene rings is 2. The normalized spacial score (nSPS) is 11.6. The van der Waals surface area contributed by atoms with E-state index in [1.807, 2.05) is 0 Å². The van der Waals surface area contributed by atoms with E-state index in [1.165, 1.54) is 36.4 Å². The molecule has 2 aromatic carbocycles. The van der Waals surface area contributed by atoms with Crippen LogP contribution in [0, 0.1) is 5.82 Å². The first kappa shape index (κ1) is 16.2. The van der Waals surface area contributed by atoms with Crippen molar-refractivity contribution in [2.24, 2.45) is 0 Å². The number of hydrogen-bond donors (Lipinski definition) is 2. The monoisotopic (exact) mass is 392 g/mol. The van der Waals surface area contributed by atoms with Gasteiger partial charge in [0.15, 0.2) is 0 Å². The summed E-state index contributed by atoms with van der Waals surface area (Å²) in [5.74, 6) is -0.500. The molecule has 0 spiro atoms. The van der Waals surface area contributed by atoms with E-state index in [0.29, 0.717) is 4.47 Å². The van der Waals surface area contributed by atoms with E-state index in [0.717, 1.165) is 0 Å². The maximum absolute atomic E-state index is 13.6. The number of anilines is 1. The molecule has 0 unspecified atom stereocenters. The van der Waals surface area contributed by atoms with Crippen LogP contribution in [0.3, 0.4) is 0 Å². The van der Waals surface area contributed by atoms with Gasteiger partial charge in [-0.25, -0.2) is 17.5 Å². The standard InChI is InChI=1S/C13H11BrClFN2O2S/c14-9-1-4-12(16)8(5-9)7-18-21(19,20)13-6-10(17)2-3-11(13)15/h1-6,18H,7,17H2. The fraction of sp³-hybridized carbons (Fsp3) is 0.0769. The molecule has 3 N–H and O–H groups in total. The molecule has 0 aliphatic heterocycles. The fourth-order valence-electron chi connectivity index (χ4n) is 1.66. The van der Waals surface area contributed by atoms with Crippen LogP contribution in [-0.2, 0) is 16.6 Å². The fourth-order valence-corrected chi connectivity index (χ4v) is 3.60. The minimum absolute atomic E-state index is 0.0476. The molecule has 0 saturated carbocycles. The predicted molar refractivity (Wildman–Crippen MR) is 84.0 cm³/mol. The Morgan fingerprint density at radius 3 is 2.67 bits per heavy atom. The molecule has 2 rings (SSSR count). The molecule has 0 fully saturated rings. The predicted octanol–water partition coefficient (Wildman–Crippen LogP) is 3.30. The third-order valence-electron chi connectivity index (χ3n) is 2.71. The topological polar surface area (TPSA) is 72.2 Å². The van der Waals surface area contributed by atoms with Gasteiger partial charge in [-0.3, -0.25) is 0 Å². The van der Waals surface area contributed by atoms with Crippen molar-refractivity contribution >= 4 is 43.2 Å². The van der Waals surface area contributed by atoms with Crippen LogP contribution in [0.1, 0.15) is 5.56 Å². The van der Waals surface area contributed by atoms with E-state index in [2.05, 4.69) is 20.7 Å². The SMILES string of the molecule is Nc1ccc(Cl)c(S(=O)(=O)NCc2cc(Br)ccc2F)c1. The highest BCUT2D eigenvalue weighted by Gasteiger charge is 2.18. The number of nitrogens with one attached hydrogen (secondary N) is 1. The molecule has 0 aliphatic rings. The van der Waals surface area contributed by atoms with Crippen molar-refractivity contribution in [3.05, 3.63) is 57.3 Å². The number of halogens is 3. The van der Waals surface area contributed by atoms with Crippen molar-refractivity contribution in [2.45, 2.75) is 11.4 Å². The number of hydrogen-bond acceptors (Lipinski definition) is 3. The Balaban J connectivity index is 2.26. The lowest BCUT2D eigenvalue weighted by Crippen LogP contribution is -2.24. The molecule has 4 nitrogen and oxygen atoms in total. The Kier molecular flexibility index (Phi) is 4.88. The molecule has 112 valence electrons. The van der Waals surface area contributed by atoms with Crippen molar-refractivity contribution in [2.75, 3.05) is 5.73 Å². The third-order valence-corrected chi connectivity index (χ3v) is 5.08. The molecule has 0 aliphatic carbocycles. The largest absolute Gasteiger partial charge is 0.399 e. The van der Waals surface area contributed by atoms with Crippen LogP contribution in [-0.4, -0.2) is 8.42 Å². The van der Waals surface area contributed by atoms with Gasteiger partial charge in [-0.15, -0.1) is 0 Å². The van der Waals surface area contributed by atoms with E-state index in [-0.39, 0.29) is 27.7 Å². The van der Waals surface area contributed by atoms with Gasteiger partial charge in [0.05, 0.1) is 5.02 Å². The molecule has 0 atom stereocenters. The second kappa shape index (κ2) is 6.31. The van der Waals surface area contributed by atoms with E-state index < -0.39 is 15.8 Å². The molecule has 0 heterocycles. The number of rotatable bonds is 4. The van der Waals surface area contributed by atoms with E-state index >= 15 is 0 Å². The number of sulfonamides is 1. The molecule has 2 aromatic rings. The van der Waals surface area contributed by atoms with Gasteiger partial charge >= 0.3 is 0 Å². The molecular formula is C13H11BrClFN2O2S. The molecular weight excluding hydrogens is 383 g/mol. The molecule has 8 heteroatoms. The molecule has 21 heavy (non-hydrogen) atoms. The van der Waals surface area contributed by atoms with Gasteiger partial charge in [-0.1, -0.05) is 27.5 Å². The Labute approximate surface area is 135 Å². The zero-order valence-electron chi connectivity index (χ0n) is 10.6. The average molecular weight is 394 g/mol. The van der Waals surface area contributed by atoms with Crippen molar-refractivity contribution < 1.29 is 12.8 Å². The van der Waals surface area contributed by atoms with Crippen molar-refractivity contribution in [3.63, 3.8) is 0 Å². The third kappa shape index (κ3) is 3.94. The smallest absolute Gasteiger partial charge is 0.242 e. The van der Waals surface area contributed by atoms with Gasteiger partial charge in [0.2, 0.25) is 10.0 Å². The van der Waals surface area contributed by atoms with Crippen LogP contribution < -0.4 is 10.5 Å². The summed E-state index contributed by atoms with van der Waals surface area (Å²) in [6.07, 6.45) is 0. The van der Waals surface area contributed by atoms with Gasteiger partial charge in [-0.2, -0.15) is 0 Å². The van der Waals surface area contributed by atoms with E-state index in [4.69, 9.17) is 17.3 Å². The number of nitrogens with two attached hydrogens (primary N) is 1. The summed E-state index contributed by atoms with van der Waals surface area (Å²) in [5.41, 5.74) is 6.05. The molecule has 0 radical (unpaired) electrons. The van der Waals surface area contributed by atoms with Crippen LogP contribution in [0.4, 0.5) is 10.1 Å². The maximum atomic E-state index is 13.6. The van der Waals surface area contributed by atoms with Crippen LogP contribution in [0.25, 0.3) is 0 Å². The first-order valence-corrected chi connectivity index (χ1v) is 8.43. The second-order valence-electron chi connectivity index (χ2n) is 4.25. The summed E-state index contributed by atoms with van der Waals surface area (Å²) < 4.78 is 40.9. The van der Waals surface area contributed by atoms with Gasteiger partial charge in [0, 0.05) is 22.3 Å². The Morgan fingerprint density at radius 2 is 1.95 bits per heavy atom. The van der Waals surface area contributed by atoms with Crippen molar-refractivity contribution in [3.8, 4) is 0 Å². The van der Waals surface area contributed by atoms with Crippen LogP contribution >= 0.6 is 27.5 Å². The Bertz CT molecular complexity index is 784. The first-order valence-electron chi connectivity index (χ1n) is 5.78. The van der Waals surface area contributed by atoms with Crippen LogP contribution in [0.5, 0.6) is 0 Å². The van der Waals surface area contributed by atoms with Gasteiger partial charge in [-0.05, 0) is 36.4 Å².